The Morgan fingerprint density at radius 3 is 2.64 bits per heavy atom. The van der Waals surface area contributed by atoms with Crippen LogP contribution in [0, 0.1) is 5.92 Å². The molecule has 3 heteroatoms. The second-order valence-corrected chi connectivity index (χ2v) is 3.33. The Morgan fingerprint density at radius 1 is 1.64 bits per heavy atom. The molecule has 0 aromatic rings. The van der Waals surface area contributed by atoms with E-state index in [1.165, 1.54) is 13.3 Å². The molecule has 0 aliphatic heterocycles. The fourth-order valence-corrected chi connectivity index (χ4v) is 1.27. The van der Waals surface area contributed by atoms with Crippen LogP contribution in [0.1, 0.15) is 13.3 Å². The third-order valence-corrected chi connectivity index (χ3v) is 2.05. The molecule has 1 aliphatic carbocycles. The molecule has 64 valence electrons. The highest BCUT2D eigenvalue weighted by atomic mass is 16.5. The first-order chi connectivity index (χ1) is 5.11. The Labute approximate surface area is 67.3 Å². The predicted octanol–water partition coefficient (Wildman–Crippen LogP) is 0.500. The molecule has 11 heavy (non-hydrogen) atoms. The van der Waals surface area contributed by atoms with Crippen molar-refractivity contribution in [3.05, 3.63) is 0 Å². The van der Waals surface area contributed by atoms with Gasteiger partial charge in [-0.25, -0.2) is 0 Å². The van der Waals surface area contributed by atoms with Crippen molar-refractivity contribution in [2.45, 2.75) is 19.4 Å². The number of carbonyl (C=O) groups is 1. The molecule has 0 aromatic heterocycles. The van der Waals surface area contributed by atoms with Gasteiger partial charge in [0.2, 0.25) is 0 Å². The average Bonchev–Trinajstić information content (AvgIpc) is 2.61. The van der Waals surface area contributed by atoms with Gasteiger partial charge in [-0.15, -0.1) is 0 Å². The maximum atomic E-state index is 10.4. The van der Waals surface area contributed by atoms with Crippen molar-refractivity contribution >= 4 is 5.97 Å². The molecule has 0 unspecified atom stereocenters. The number of nitrogens with zero attached hydrogens (tertiary/aromatic N) is 1. The standard InChI is InChI=1S/C8H15NO2/c1-6(10)11-5-7-4-8(7)9(2)3/h7-8H,4-5H2,1-3H3/t7-,8+/m1/s1. The summed E-state index contributed by atoms with van der Waals surface area (Å²) in [6.45, 7) is 2.05. The highest BCUT2D eigenvalue weighted by molar-refractivity contribution is 5.65. The summed E-state index contributed by atoms with van der Waals surface area (Å²) in [5, 5.41) is 0. The van der Waals surface area contributed by atoms with Crippen molar-refractivity contribution in [2.24, 2.45) is 5.92 Å². The fraction of sp³-hybridized carbons (Fsp3) is 0.875. The summed E-state index contributed by atoms with van der Waals surface area (Å²) >= 11 is 0. The van der Waals surface area contributed by atoms with Crippen LogP contribution in [0.4, 0.5) is 0 Å². The zero-order chi connectivity index (χ0) is 8.43. The first kappa shape index (κ1) is 8.53. The van der Waals surface area contributed by atoms with E-state index in [9.17, 15) is 4.79 Å². The van der Waals surface area contributed by atoms with Gasteiger partial charge in [0.15, 0.2) is 0 Å². The van der Waals surface area contributed by atoms with Crippen LogP contribution < -0.4 is 0 Å². The molecule has 0 radical (unpaired) electrons. The molecule has 0 spiro atoms. The van der Waals surface area contributed by atoms with Crippen LogP contribution in [-0.4, -0.2) is 37.6 Å². The van der Waals surface area contributed by atoms with Crippen LogP contribution >= 0.6 is 0 Å². The Hall–Kier alpha value is -0.570. The first-order valence-electron chi connectivity index (χ1n) is 3.91. The van der Waals surface area contributed by atoms with Gasteiger partial charge in [-0.1, -0.05) is 0 Å². The van der Waals surface area contributed by atoms with Crippen molar-refractivity contribution in [3.8, 4) is 0 Å². The van der Waals surface area contributed by atoms with Gasteiger partial charge in [-0.3, -0.25) is 4.79 Å². The molecule has 3 nitrogen and oxygen atoms in total. The first-order valence-corrected chi connectivity index (χ1v) is 3.91. The van der Waals surface area contributed by atoms with E-state index in [4.69, 9.17) is 4.74 Å². The Kier molecular flexibility index (Phi) is 2.49. The van der Waals surface area contributed by atoms with Gasteiger partial charge in [0.05, 0.1) is 6.61 Å². The normalized spacial score (nSPS) is 28.7. The number of hydrogen-bond donors (Lipinski definition) is 0. The zero-order valence-corrected chi connectivity index (χ0v) is 7.33. The molecule has 1 aliphatic rings. The molecule has 1 fully saturated rings. The minimum absolute atomic E-state index is 0.172. The maximum absolute atomic E-state index is 10.4. The summed E-state index contributed by atoms with van der Waals surface area (Å²) in [6.07, 6.45) is 1.17. The molecule has 1 rings (SSSR count). The van der Waals surface area contributed by atoms with Crippen LogP contribution in [-0.2, 0) is 9.53 Å². The van der Waals surface area contributed by atoms with Crippen molar-refractivity contribution in [3.63, 3.8) is 0 Å². The molecule has 2 atom stereocenters. The summed E-state index contributed by atoms with van der Waals surface area (Å²) in [5.41, 5.74) is 0. The quantitative estimate of drug-likeness (QED) is 0.559. The molecule has 0 heterocycles. The largest absolute Gasteiger partial charge is 0.466 e. The van der Waals surface area contributed by atoms with E-state index in [0.717, 1.165) is 0 Å². The molecule has 0 saturated heterocycles. The lowest BCUT2D eigenvalue weighted by atomic mass is 10.4. The SMILES string of the molecule is CC(=O)OC[C@H]1C[C@@H]1N(C)C. The van der Waals surface area contributed by atoms with Gasteiger partial charge in [-0.05, 0) is 20.5 Å². The summed E-state index contributed by atoms with van der Waals surface area (Å²) in [7, 11) is 4.11. The van der Waals surface area contributed by atoms with Gasteiger partial charge in [0.1, 0.15) is 0 Å². The van der Waals surface area contributed by atoms with Crippen LogP contribution in [0.5, 0.6) is 0 Å². The number of hydrogen-bond acceptors (Lipinski definition) is 3. The highest BCUT2D eigenvalue weighted by Gasteiger charge is 2.39. The lowest BCUT2D eigenvalue weighted by Gasteiger charge is -2.07. The minimum Gasteiger partial charge on any atom is -0.466 e. The van der Waals surface area contributed by atoms with Crippen LogP contribution in [0.3, 0.4) is 0 Å². The minimum atomic E-state index is -0.172. The zero-order valence-electron chi connectivity index (χ0n) is 7.33. The predicted molar refractivity (Wildman–Crippen MR) is 42.2 cm³/mol. The second kappa shape index (κ2) is 3.22. The van der Waals surface area contributed by atoms with Gasteiger partial charge in [0, 0.05) is 18.9 Å². The number of carbonyl (C=O) groups excluding carboxylic acids is 1. The van der Waals surface area contributed by atoms with Gasteiger partial charge in [0.25, 0.3) is 0 Å². The Balaban J connectivity index is 2.09. The third kappa shape index (κ3) is 2.50. The molecule has 1 saturated carbocycles. The number of ether oxygens (including phenoxy) is 1. The Bertz CT molecular complexity index is 156. The molecule has 0 amide bonds. The molecule has 0 bridgehead atoms. The molecular formula is C8H15NO2. The summed E-state index contributed by atoms with van der Waals surface area (Å²) in [6, 6.07) is 0.634. The van der Waals surface area contributed by atoms with Gasteiger partial charge < -0.3 is 9.64 Å². The van der Waals surface area contributed by atoms with E-state index in [1.807, 2.05) is 0 Å². The summed E-state index contributed by atoms with van der Waals surface area (Å²) in [4.78, 5) is 12.6. The lowest BCUT2D eigenvalue weighted by Crippen LogP contribution is -2.18. The fourth-order valence-electron chi connectivity index (χ4n) is 1.27. The topological polar surface area (TPSA) is 29.5 Å². The van der Waals surface area contributed by atoms with Gasteiger partial charge >= 0.3 is 5.97 Å². The molecule has 0 N–H and O–H groups in total. The van der Waals surface area contributed by atoms with Crippen molar-refractivity contribution < 1.29 is 9.53 Å². The van der Waals surface area contributed by atoms with Gasteiger partial charge in [-0.2, -0.15) is 0 Å². The highest BCUT2D eigenvalue weighted by Crippen LogP contribution is 2.34. The van der Waals surface area contributed by atoms with Crippen molar-refractivity contribution in [1.82, 2.24) is 4.90 Å². The van der Waals surface area contributed by atoms with E-state index in [2.05, 4.69) is 19.0 Å². The Morgan fingerprint density at radius 2 is 2.27 bits per heavy atom. The van der Waals surface area contributed by atoms with E-state index in [1.54, 1.807) is 0 Å². The lowest BCUT2D eigenvalue weighted by molar-refractivity contribution is -0.141. The summed E-state index contributed by atoms with van der Waals surface area (Å²) < 4.78 is 4.88. The monoisotopic (exact) mass is 157 g/mol. The molecular weight excluding hydrogens is 142 g/mol. The smallest absolute Gasteiger partial charge is 0.302 e. The maximum Gasteiger partial charge on any atom is 0.302 e. The second-order valence-electron chi connectivity index (χ2n) is 3.33. The van der Waals surface area contributed by atoms with E-state index in [-0.39, 0.29) is 5.97 Å². The van der Waals surface area contributed by atoms with E-state index in [0.29, 0.717) is 18.6 Å². The van der Waals surface area contributed by atoms with Crippen LogP contribution in [0.25, 0.3) is 0 Å². The van der Waals surface area contributed by atoms with Crippen molar-refractivity contribution in [2.75, 3.05) is 20.7 Å². The number of esters is 1. The number of rotatable bonds is 3. The van der Waals surface area contributed by atoms with E-state index < -0.39 is 0 Å². The third-order valence-electron chi connectivity index (χ3n) is 2.05. The summed E-state index contributed by atoms with van der Waals surface area (Å²) in [5.74, 6) is 0.406. The van der Waals surface area contributed by atoms with Crippen LogP contribution in [0.2, 0.25) is 0 Å². The molecule has 0 aromatic carbocycles. The van der Waals surface area contributed by atoms with Crippen LogP contribution in [0.15, 0.2) is 0 Å². The van der Waals surface area contributed by atoms with E-state index >= 15 is 0 Å². The average molecular weight is 157 g/mol. The van der Waals surface area contributed by atoms with Crippen molar-refractivity contribution in [1.29, 1.82) is 0 Å².